The minimum Gasteiger partial charge on any atom is -0.361 e. The van der Waals surface area contributed by atoms with E-state index in [-0.39, 0.29) is 0 Å². The molecule has 0 fully saturated rings. The summed E-state index contributed by atoms with van der Waals surface area (Å²) in [5.41, 5.74) is 7.97. The second-order valence-electron chi connectivity index (χ2n) is 3.28. The molecule has 0 radical (unpaired) electrons. The van der Waals surface area contributed by atoms with E-state index in [0.29, 0.717) is 0 Å². The van der Waals surface area contributed by atoms with Crippen LogP contribution in [0.4, 0.5) is 0 Å². The van der Waals surface area contributed by atoms with Gasteiger partial charge in [-0.15, -0.1) is 0 Å². The zero-order valence-electron chi connectivity index (χ0n) is 7.18. The van der Waals surface area contributed by atoms with Crippen molar-refractivity contribution in [2.24, 2.45) is 5.73 Å². The van der Waals surface area contributed by atoms with Crippen LogP contribution in [0.3, 0.4) is 0 Å². The van der Waals surface area contributed by atoms with Gasteiger partial charge in [-0.25, -0.2) is 0 Å². The van der Waals surface area contributed by atoms with Crippen LogP contribution < -0.4 is 5.73 Å². The summed E-state index contributed by atoms with van der Waals surface area (Å²) in [7, 11) is 0. The Morgan fingerprint density at radius 3 is 3.17 bits per heavy atom. The van der Waals surface area contributed by atoms with Crippen LogP contribution in [0.5, 0.6) is 0 Å². The molecule has 1 aliphatic rings. The fraction of sp³-hybridized carbons (Fsp3) is 0.667. The quantitative estimate of drug-likeness (QED) is 0.730. The first-order valence-corrected chi connectivity index (χ1v) is 4.58. The van der Waals surface area contributed by atoms with Gasteiger partial charge in [-0.3, -0.25) is 0 Å². The first kappa shape index (κ1) is 7.80. The van der Waals surface area contributed by atoms with Gasteiger partial charge in [-0.1, -0.05) is 5.16 Å². The summed E-state index contributed by atoms with van der Waals surface area (Å²) in [6, 6.07) is 0. The fourth-order valence-electron chi connectivity index (χ4n) is 1.75. The second kappa shape index (κ2) is 3.27. The standard InChI is InChI=1S/C9H14N2O/c10-6-2-5-9-7-3-1-4-8(7)11-12-9/h1-6,10H2. The summed E-state index contributed by atoms with van der Waals surface area (Å²) < 4.78 is 5.23. The zero-order valence-corrected chi connectivity index (χ0v) is 7.18. The Morgan fingerprint density at radius 2 is 2.33 bits per heavy atom. The highest BCUT2D eigenvalue weighted by Crippen LogP contribution is 2.25. The Balaban J connectivity index is 2.11. The van der Waals surface area contributed by atoms with Crippen LogP contribution in [0.1, 0.15) is 29.9 Å². The highest BCUT2D eigenvalue weighted by atomic mass is 16.5. The minimum atomic E-state index is 0.732. The Hall–Kier alpha value is -0.830. The summed E-state index contributed by atoms with van der Waals surface area (Å²) in [6.45, 7) is 0.732. The lowest BCUT2D eigenvalue weighted by Gasteiger charge is -1.94. The van der Waals surface area contributed by atoms with Crippen molar-refractivity contribution in [1.29, 1.82) is 0 Å². The molecule has 2 rings (SSSR count). The van der Waals surface area contributed by atoms with Crippen molar-refractivity contribution >= 4 is 0 Å². The van der Waals surface area contributed by atoms with Crippen molar-refractivity contribution in [1.82, 2.24) is 5.16 Å². The summed E-state index contributed by atoms with van der Waals surface area (Å²) in [5, 5.41) is 4.03. The zero-order chi connectivity index (χ0) is 8.39. The van der Waals surface area contributed by atoms with Crippen LogP contribution >= 0.6 is 0 Å². The summed E-state index contributed by atoms with van der Waals surface area (Å²) in [6.07, 6.45) is 5.45. The van der Waals surface area contributed by atoms with Crippen LogP contribution in [-0.2, 0) is 19.3 Å². The minimum absolute atomic E-state index is 0.732. The average molecular weight is 166 g/mol. The van der Waals surface area contributed by atoms with Crippen LogP contribution in [0.2, 0.25) is 0 Å². The smallest absolute Gasteiger partial charge is 0.140 e. The van der Waals surface area contributed by atoms with Gasteiger partial charge in [-0.2, -0.15) is 0 Å². The largest absolute Gasteiger partial charge is 0.361 e. The Kier molecular flexibility index (Phi) is 2.13. The average Bonchev–Trinajstić information content (AvgIpc) is 2.62. The van der Waals surface area contributed by atoms with Crippen LogP contribution in [0, 0.1) is 0 Å². The molecule has 12 heavy (non-hydrogen) atoms. The number of nitrogens with two attached hydrogens (primary N) is 1. The van der Waals surface area contributed by atoms with Gasteiger partial charge in [0.05, 0.1) is 5.69 Å². The highest BCUT2D eigenvalue weighted by Gasteiger charge is 2.19. The molecule has 0 saturated carbocycles. The van der Waals surface area contributed by atoms with E-state index in [4.69, 9.17) is 10.3 Å². The van der Waals surface area contributed by atoms with Crippen molar-refractivity contribution in [3.8, 4) is 0 Å². The van der Waals surface area contributed by atoms with Crippen molar-refractivity contribution in [3.05, 3.63) is 17.0 Å². The Labute approximate surface area is 71.9 Å². The first-order valence-electron chi connectivity index (χ1n) is 4.58. The van der Waals surface area contributed by atoms with Crippen molar-refractivity contribution < 1.29 is 4.52 Å². The van der Waals surface area contributed by atoms with Crippen molar-refractivity contribution in [2.45, 2.75) is 32.1 Å². The van der Waals surface area contributed by atoms with Crippen LogP contribution in [-0.4, -0.2) is 11.7 Å². The van der Waals surface area contributed by atoms with Gasteiger partial charge in [0.2, 0.25) is 0 Å². The predicted octanol–water partition coefficient (Wildman–Crippen LogP) is 1.05. The van der Waals surface area contributed by atoms with E-state index in [1.807, 2.05) is 0 Å². The Morgan fingerprint density at radius 1 is 1.42 bits per heavy atom. The monoisotopic (exact) mass is 166 g/mol. The molecule has 0 saturated heterocycles. The highest BCUT2D eigenvalue weighted by molar-refractivity contribution is 5.27. The van der Waals surface area contributed by atoms with E-state index in [1.54, 1.807) is 0 Å². The lowest BCUT2D eigenvalue weighted by Crippen LogP contribution is -2.00. The number of aromatic nitrogens is 1. The third-order valence-corrected chi connectivity index (χ3v) is 2.40. The third kappa shape index (κ3) is 1.25. The molecule has 3 nitrogen and oxygen atoms in total. The second-order valence-corrected chi connectivity index (χ2v) is 3.28. The molecule has 1 aromatic heterocycles. The number of hydrogen-bond acceptors (Lipinski definition) is 3. The predicted molar refractivity (Wildman–Crippen MR) is 45.9 cm³/mol. The van der Waals surface area contributed by atoms with Crippen molar-refractivity contribution in [3.63, 3.8) is 0 Å². The van der Waals surface area contributed by atoms with Crippen LogP contribution in [0.15, 0.2) is 4.52 Å². The lowest BCUT2D eigenvalue weighted by molar-refractivity contribution is 0.371. The van der Waals surface area contributed by atoms with E-state index < -0.39 is 0 Å². The molecule has 1 aliphatic carbocycles. The number of fused-ring (bicyclic) bond motifs is 1. The number of nitrogens with zero attached hydrogens (tertiary/aromatic N) is 1. The molecule has 0 atom stereocenters. The molecule has 3 heteroatoms. The van der Waals surface area contributed by atoms with E-state index in [0.717, 1.165) is 38.0 Å². The molecule has 1 heterocycles. The van der Waals surface area contributed by atoms with E-state index in [1.165, 1.54) is 17.7 Å². The van der Waals surface area contributed by atoms with Crippen molar-refractivity contribution in [2.75, 3.05) is 6.54 Å². The fourth-order valence-corrected chi connectivity index (χ4v) is 1.75. The molecule has 0 aliphatic heterocycles. The molecule has 1 aromatic rings. The first-order chi connectivity index (χ1) is 5.92. The number of rotatable bonds is 3. The van der Waals surface area contributed by atoms with E-state index in [9.17, 15) is 0 Å². The van der Waals surface area contributed by atoms with E-state index >= 15 is 0 Å². The van der Waals surface area contributed by atoms with Gasteiger partial charge in [0.25, 0.3) is 0 Å². The number of aryl methyl sites for hydroxylation is 2. The molecule has 0 aromatic carbocycles. The Bertz CT molecular complexity index is 267. The van der Waals surface area contributed by atoms with Gasteiger partial charge >= 0.3 is 0 Å². The van der Waals surface area contributed by atoms with Gasteiger partial charge < -0.3 is 10.3 Å². The maximum absolute atomic E-state index is 5.43. The molecular weight excluding hydrogens is 152 g/mol. The SMILES string of the molecule is NCCCc1onc2c1CCC2. The van der Waals surface area contributed by atoms with E-state index in [2.05, 4.69) is 5.16 Å². The summed E-state index contributed by atoms with van der Waals surface area (Å²) in [4.78, 5) is 0. The number of hydrogen-bond donors (Lipinski definition) is 1. The molecule has 0 unspecified atom stereocenters. The van der Waals surface area contributed by atoms with Crippen LogP contribution in [0.25, 0.3) is 0 Å². The molecule has 0 bridgehead atoms. The molecular formula is C9H14N2O. The normalized spacial score (nSPS) is 15.1. The molecule has 0 spiro atoms. The summed E-state index contributed by atoms with van der Waals surface area (Å²) in [5.74, 6) is 1.08. The third-order valence-electron chi connectivity index (χ3n) is 2.40. The lowest BCUT2D eigenvalue weighted by atomic mass is 10.1. The van der Waals surface area contributed by atoms with Gasteiger partial charge in [0.1, 0.15) is 5.76 Å². The summed E-state index contributed by atoms with van der Waals surface area (Å²) >= 11 is 0. The van der Waals surface area contributed by atoms with Gasteiger partial charge in [-0.05, 0) is 32.2 Å². The molecule has 0 amide bonds. The molecule has 66 valence electrons. The maximum atomic E-state index is 5.43. The maximum Gasteiger partial charge on any atom is 0.140 e. The topological polar surface area (TPSA) is 52.0 Å². The van der Waals surface area contributed by atoms with Gasteiger partial charge in [0, 0.05) is 12.0 Å². The van der Waals surface area contributed by atoms with Gasteiger partial charge in [0.15, 0.2) is 0 Å². The molecule has 2 N–H and O–H groups in total.